The fraction of sp³-hybridized carbons (Fsp3) is 0.267. The SMILES string of the molecule is CC[C@@H](c1cccc(C#N)c1)n1c(CC2CC2)nc(=O)c(S(=O)(=O)c2ccc(-c3ccncc3C)cc2)c1O. The van der Waals surface area contributed by atoms with Crippen LogP contribution in [0.3, 0.4) is 0 Å². The highest BCUT2D eigenvalue weighted by Gasteiger charge is 2.34. The Labute approximate surface area is 227 Å². The van der Waals surface area contributed by atoms with Gasteiger partial charge in [0.1, 0.15) is 5.82 Å². The summed E-state index contributed by atoms with van der Waals surface area (Å²) in [6.07, 6.45) is 6.30. The molecule has 0 unspecified atom stereocenters. The highest BCUT2D eigenvalue weighted by atomic mass is 32.2. The molecule has 2 aromatic heterocycles. The van der Waals surface area contributed by atoms with Gasteiger partial charge in [-0.2, -0.15) is 10.2 Å². The van der Waals surface area contributed by atoms with Crippen molar-refractivity contribution in [2.24, 2.45) is 5.92 Å². The second kappa shape index (κ2) is 10.5. The summed E-state index contributed by atoms with van der Waals surface area (Å²) < 4.78 is 29.0. The van der Waals surface area contributed by atoms with Crippen molar-refractivity contribution in [1.82, 2.24) is 14.5 Å². The highest BCUT2D eigenvalue weighted by Crippen LogP contribution is 2.37. The Bertz CT molecular complexity index is 1750. The molecule has 0 bridgehead atoms. The third kappa shape index (κ3) is 5.08. The van der Waals surface area contributed by atoms with E-state index < -0.39 is 32.2 Å². The van der Waals surface area contributed by atoms with Gasteiger partial charge in [0.05, 0.1) is 22.6 Å². The number of aromatic nitrogens is 3. The van der Waals surface area contributed by atoms with Crippen molar-refractivity contribution < 1.29 is 13.5 Å². The predicted octanol–water partition coefficient (Wildman–Crippen LogP) is 4.98. The number of pyridine rings is 1. The topological polar surface area (TPSA) is 126 Å². The Morgan fingerprint density at radius 1 is 1.15 bits per heavy atom. The Balaban J connectivity index is 1.64. The molecule has 4 aromatic rings. The maximum absolute atomic E-state index is 13.8. The molecule has 2 heterocycles. The van der Waals surface area contributed by atoms with E-state index in [9.17, 15) is 23.6 Å². The molecule has 0 spiro atoms. The average molecular weight is 541 g/mol. The second-order valence-corrected chi connectivity index (χ2v) is 11.8. The molecule has 1 aliphatic rings. The lowest BCUT2D eigenvalue weighted by molar-refractivity contribution is 0.357. The zero-order valence-corrected chi connectivity index (χ0v) is 22.5. The van der Waals surface area contributed by atoms with E-state index in [4.69, 9.17) is 0 Å². The molecule has 9 heteroatoms. The van der Waals surface area contributed by atoms with Gasteiger partial charge in [-0.25, -0.2) is 8.42 Å². The Hall–Kier alpha value is -4.29. The molecule has 2 aromatic carbocycles. The molecule has 1 atom stereocenters. The minimum Gasteiger partial charge on any atom is -0.493 e. The van der Waals surface area contributed by atoms with Crippen molar-refractivity contribution in [2.45, 2.75) is 55.4 Å². The minimum atomic E-state index is -4.41. The number of hydrogen-bond donors (Lipinski definition) is 1. The van der Waals surface area contributed by atoms with Crippen LogP contribution in [-0.2, 0) is 16.3 Å². The quantitative estimate of drug-likeness (QED) is 0.334. The maximum Gasteiger partial charge on any atom is 0.296 e. The van der Waals surface area contributed by atoms with Gasteiger partial charge in [0.15, 0.2) is 4.90 Å². The Morgan fingerprint density at radius 2 is 1.90 bits per heavy atom. The van der Waals surface area contributed by atoms with Crippen LogP contribution in [0.1, 0.15) is 54.7 Å². The van der Waals surface area contributed by atoms with Crippen molar-refractivity contribution in [1.29, 1.82) is 5.26 Å². The average Bonchev–Trinajstić information content (AvgIpc) is 3.75. The summed E-state index contributed by atoms with van der Waals surface area (Å²) in [5.41, 5.74) is 2.84. The molecule has 0 aliphatic heterocycles. The smallest absolute Gasteiger partial charge is 0.296 e. The van der Waals surface area contributed by atoms with Gasteiger partial charge in [0.2, 0.25) is 15.7 Å². The first-order valence-corrected chi connectivity index (χ1v) is 14.3. The van der Waals surface area contributed by atoms with Crippen LogP contribution < -0.4 is 5.56 Å². The van der Waals surface area contributed by atoms with Crippen LogP contribution in [0.5, 0.6) is 5.88 Å². The minimum absolute atomic E-state index is 0.117. The summed E-state index contributed by atoms with van der Waals surface area (Å²) in [7, 11) is -4.41. The molecular weight excluding hydrogens is 512 g/mol. The van der Waals surface area contributed by atoms with Gasteiger partial charge in [-0.05, 0) is 84.7 Å². The summed E-state index contributed by atoms with van der Waals surface area (Å²) in [5.74, 6) is 0.0442. The van der Waals surface area contributed by atoms with E-state index >= 15 is 0 Å². The molecule has 5 rings (SSSR count). The first-order valence-electron chi connectivity index (χ1n) is 12.8. The van der Waals surface area contributed by atoms with E-state index in [1.54, 1.807) is 42.7 Å². The summed E-state index contributed by atoms with van der Waals surface area (Å²) in [5, 5.41) is 20.9. The zero-order valence-electron chi connectivity index (χ0n) is 21.7. The molecule has 198 valence electrons. The summed E-state index contributed by atoms with van der Waals surface area (Å²) in [6, 6.07) is 16.6. The zero-order chi connectivity index (χ0) is 27.7. The first kappa shape index (κ1) is 26.3. The maximum atomic E-state index is 13.8. The number of nitrogens with zero attached hydrogens (tertiary/aromatic N) is 4. The van der Waals surface area contributed by atoms with Gasteiger partial charge in [-0.3, -0.25) is 14.3 Å². The predicted molar refractivity (Wildman–Crippen MR) is 146 cm³/mol. The van der Waals surface area contributed by atoms with Crippen LogP contribution in [0.4, 0.5) is 0 Å². The van der Waals surface area contributed by atoms with E-state index in [0.29, 0.717) is 30.1 Å². The summed E-state index contributed by atoms with van der Waals surface area (Å²) in [6.45, 7) is 3.81. The van der Waals surface area contributed by atoms with Crippen molar-refractivity contribution in [3.8, 4) is 23.1 Å². The van der Waals surface area contributed by atoms with Crippen LogP contribution in [0.15, 0.2) is 81.6 Å². The van der Waals surface area contributed by atoms with Crippen molar-refractivity contribution >= 4 is 9.84 Å². The van der Waals surface area contributed by atoms with Gasteiger partial charge in [0.25, 0.3) is 5.56 Å². The third-order valence-corrected chi connectivity index (χ3v) is 8.95. The Kier molecular flexibility index (Phi) is 7.06. The molecule has 0 radical (unpaired) electrons. The monoisotopic (exact) mass is 540 g/mol. The lowest BCUT2D eigenvalue weighted by Crippen LogP contribution is -2.27. The molecule has 1 aliphatic carbocycles. The fourth-order valence-electron chi connectivity index (χ4n) is 4.95. The number of rotatable bonds is 8. The number of benzene rings is 2. The van der Waals surface area contributed by atoms with Crippen LogP contribution in [0, 0.1) is 24.2 Å². The third-order valence-electron chi connectivity index (χ3n) is 7.17. The van der Waals surface area contributed by atoms with Gasteiger partial charge < -0.3 is 5.11 Å². The molecule has 8 nitrogen and oxygen atoms in total. The number of sulfone groups is 1. The Morgan fingerprint density at radius 3 is 2.54 bits per heavy atom. The lowest BCUT2D eigenvalue weighted by atomic mass is 10.0. The lowest BCUT2D eigenvalue weighted by Gasteiger charge is -2.25. The molecule has 39 heavy (non-hydrogen) atoms. The van der Waals surface area contributed by atoms with Gasteiger partial charge >= 0.3 is 0 Å². The van der Waals surface area contributed by atoms with Crippen LogP contribution in [-0.4, -0.2) is 28.1 Å². The van der Waals surface area contributed by atoms with Crippen molar-refractivity contribution in [2.75, 3.05) is 0 Å². The molecular formula is C30H28N4O4S. The summed E-state index contributed by atoms with van der Waals surface area (Å²) >= 11 is 0. The summed E-state index contributed by atoms with van der Waals surface area (Å²) in [4.78, 5) is 20.6. The largest absolute Gasteiger partial charge is 0.493 e. The van der Waals surface area contributed by atoms with E-state index in [1.165, 1.54) is 16.7 Å². The van der Waals surface area contributed by atoms with Crippen LogP contribution in [0.25, 0.3) is 11.1 Å². The van der Waals surface area contributed by atoms with Gasteiger partial charge in [-0.15, -0.1) is 0 Å². The highest BCUT2D eigenvalue weighted by molar-refractivity contribution is 7.91. The molecule has 0 saturated heterocycles. The van der Waals surface area contributed by atoms with E-state index in [2.05, 4.69) is 16.0 Å². The van der Waals surface area contributed by atoms with Gasteiger partial charge in [0, 0.05) is 18.8 Å². The first-order chi connectivity index (χ1) is 18.7. The number of nitriles is 1. The van der Waals surface area contributed by atoms with E-state index in [0.717, 1.165) is 35.1 Å². The number of aromatic hydroxyl groups is 1. The van der Waals surface area contributed by atoms with Gasteiger partial charge in [-0.1, -0.05) is 31.2 Å². The van der Waals surface area contributed by atoms with E-state index in [-0.39, 0.29) is 4.90 Å². The standard InChI is InChI=1S/C30H28N4O4S/c1-3-26(23-6-4-5-21(15-23)17-31)34-27(16-20-7-8-20)33-29(35)28(30(34)36)39(37,38)24-11-9-22(10-12-24)25-13-14-32-18-19(25)2/h4-6,9-15,18,20,26,36H,3,7-8,16H2,1-2H3/t26-/m0/s1. The van der Waals surface area contributed by atoms with Crippen LogP contribution in [0.2, 0.25) is 0 Å². The fourth-order valence-corrected chi connectivity index (χ4v) is 6.29. The number of aryl methyl sites for hydroxylation is 1. The van der Waals surface area contributed by atoms with Crippen LogP contribution >= 0.6 is 0 Å². The molecule has 1 N–H and O–H groups in total. The molecule has 1 fully saturated rings. The number of hydrogen-bond acceptors (Lipinski definition) is 7. The molecule has 1 saturated carbocycles. The van der Waals surface area contributed by atoms with Crippen molar-refractivity contribution in [3.05, 3.63) is 99.9 Å². The van der Waals surface area contributed by atoms with Crippen molar-refractivity contribution in [3.63, 3.8) is 0 Å². The molecule has 0 amide bonds. The second-order valence-electron chi connectivity index (χ2n) is 9.88. The normalized spacial score (nSPS) is 14.1. The van der Waals surface area contributed by atoms with E-state index in [1.807, 2.05) is 26.0 Å².